The lowest BCUT2D eigenvalue weighted by Crippen LogP contribution is -2.04. The molecule has 0 heterocycles. The molecule has 0 N–H and O–H groups in total. The van der Waals surface area contributed by atoms with Crippen molar-refractivity contribution in [1.82, 2.24) is 0 Å². The Bertz CT molecular complexity index is 537. The topological polar surface area (TPSA) is 17.1 Å². The number of carbonyl (C=O) groups is 1. The van der Waals surface area contributed by atoms with Gasteiger partial charge in [-0.2, -0.15) is 0 Å². The highest BCUT2D eigenvalue weighted by Crippen LogP contribution is 2.41. The third-order valence-corrected chi connectivity index (χ3v) is 3.38. The molecule has 1 radical (unpaired) electrons. The second-order valence-electron chi connectivity index (χ2n) is 4.22. The molecule has 2 heteroatoms. The van der Waals surface area contributed by atoms with Gasteiger partial charge in [0.2, 0.25) is 0 Å². The van der Waals surface area contributed by atoms with E-state index in [0.29, 0.717) is 0 Å². The van der Waals surface area contributed by atoms with Crippen LogP contribution >= 0.6 is 0 Å². The van der Waals surface area contributed by atoms with Crippen molar-refractivity contribution in [3.05, 3.63) is 52.5 Å². The zero-order valence-corrected chi connectivity index (χ0v) is 9.29. The minimum Gasteiger partial charge on any atom is -0.289 e. The second-order valence-corrected chi connectivity index (χ2v) is 4.22. The first-order valence-corrected chi connectivity index (χ1v) is 5.70. The van der Waals surface area contributed by atoms with Gasteiger partial charge in [-0.3, -0.25) is 4.79 Å². The van der Waals surface area contributed by atoms with E-state index >= 15 is 0 Å². The zero-order valence-electron chi connectivity index (χ0n) is 9.29. The van der Waals surface area contributed by atoms with Crippen molar-refractivity contribution in [3.8, 4) is 0 Å². The van der Waals surface area contributed by atoms with Crippen LogP contribution in [0.15, 0.2) is 41.4 Å². The van der Waals surface area contributed by atoms with Crippen LogP contribution in [0.3, 0.4) is 0 Å². The molecule has 77 valence electrons. The van der Waals surface area contributed by atoms with Crippen molar-refractivity contribution < 1.29 is 4.79 Å². The normalized spacial score (nSPS) is 18.1. The first-order valence-electron chi connectivity index (χ1n) is 5.70. The van der Waals surface area contributed by atoms with Gasteiger partial charge in [-0.1, -0.05) is 42.6 Å². The molecule has 0 unspecified atom stereocenters. The van der Waals surface area contributed by atoms with E-state index in [9.17, 15) is 4.79 Å². The number of hydrogen-bond donors (Lipinski definition) is 0. The smallest absolute Gasteiger partial charge is 0.190 e. The Kier molecular flexibility index (Phi) is 2.10. The predicted octanol–water partition coefficient (Wildman–Crippen LogP) is 3.07. The maximum absolute atomic E-state index is 12.2. The predicted molar refractivity (Wildman–Crippen MR) is 66.6 cm³/mol. The Morgan fingerprint density at radius 3 is 2.69 bits per heavy atom. The highest BCUT2D eigenvalue weighted by Gasteiger charge is 2.31. The molecule has 0 aliphatic heterocycles. The number of Topliss-reactive ketones (excluding diaryl/α,β-unsaturated/α-hetero) is 1. The summed E-state index contributed by atoms with van der Waals surface area (Å²) in [5, 5.41) is 0. The van der Waals surface area contributed by atoms with Crippen LogP contribution in [0.2, 0.25) is 6.82 Å². The van der Waals surface area contributed by atoms with Crippen LogP contribution in [0.25, 0.3) is 5.57 Å². The van der Waals surface area contributed by atoms with Gasteiger partial charge in [-0.15, -0.1) is 0 Å². The van der Waals surface area contributed by atoms with Crippen LogP contribution in [0.5, 0.6) is 0 Å². The highest BCUT2D eigenvalue weighted by atomic mass is 16.1. The summed E-state index contributed by atoms with van der Waals surface area (Å²) in [7, 11) is 2.10. The first-order chi connectivity index (χ1) is 7.83. The third kappa shape index (κ3) is 1.16. The Hall–Kier alpha value is -1.57. The van der Waals surface area contributed by atoms with Gasteiger partial charge in [-0.25, -0.2) is 0 Å². The molecular weight excluding hydrogens is 195 g/mol. The van der Waals surface area contributed by atoms with Crippen molar-refractivity contribution in [2.24, 2.45) is 0 Å². The van der Waals surface area contributed by atoms with Gasteiger partial charge < -0.3 is 0 Å². The lowest BCUT2D eigenvalue weighted by molar-refractivity contribution is 0.103. The van der Waals surface area contributed by atoms with E-state index in [0.717, 1.165) is 29.5 Å². The molecule has 16 heavy (non-hydrogen) atoms. The number of ketones is 1. The summed E-state index contributed by atoms with van der Waals surface area (Å²) >= 11 is 0. The third-order valence-electron chi connectivity index (χ3n) is 3.38. The van der Waals surface area contributed by atoms with Gasteiger partial charge in [0.1, 0.15) is 7.28 Å². The summed E-state index contributed by atoms with van der Waals surface area (Å²) in [5.41, 5.74) is 5.40. The molecule has 0 fully saturated rings. The van der Waals surface area contributed by atoms with E-state index in [2.05, 4.69) is 19.4 Å². The van der Waals surface area contributed by atoms with Gasteiger partial charge in [-0.05, 0) is 24.0 Å². The van der Waals surface area contributed by atoms with E-state index < -0.39 is 0 Å². The molecule has 1 nitrogen and oxygen atoms in total. The van der Waals surface area contributed by atoms with E-state index in [1.54, 1.807) is 0 Å². The molecule has 1 aromatic rings. The average Bonchev–Trinajstić information content (AvgIpc) is 2.64. The molecule has 2 aliphatic carbocycles. The number of fused-ring (bicyclic) bond motifs is 2. The zero-order chi connectivity index (χ0) is 11.1. The molecule has 0 saturated carbocycles. The second kappa shape index (κ2) is 3.48. The number of carbonyl (C=O) groups excluding carboxylic acids is 1. The Morgan fingerprint density at radius 1 is 1.19 bits per heavy atom. The number of allylic oxidation sites excluding steroid dienone is 4. The van der Waals surface area contributed by atoms with Crippen molar-refractivity contribution in [2.75, 3.05) is 0 Å². The van der Waals surface area contributed by atoms with Gasteiger partial charge in [0.05, 0.1) is 0 Å². The SMILES string of the molecule is C[B]C1=CCCC2=C1c1ccccc1C2=O. The Morgan fingerprint density at radius 2 is 1.94 bits per heavy atom. The monoisotopic (exact) mass is 207 g/mol. The number of benzene rings is 1. The van der Waals surface area contributed by atoms with Gasteiger partial charge in [0.15, 0.2) is 5.78 Å². The molecular formula is C14H12BO. The lowest BCUT2D eigenvalue weighted by atomic mass is 9.65. The van der Waals surface area contributed by atoms with Crippen LogP contribution in [0.4, 0.5) is 0 Å². The van der Waals surface area contributed by atoms with Crippen molar-refractivity contribution >= 4 is 18.6 Å². The van der Waals surface area contributed by atoms with Gasteiger partial charge in [0.25, 0.3) is 0 Å². The summed E-state index contributed by atoms with van der Waals surface area (Å²) in [6, 6.07) is 7.93. The molecule has 0 bridgehead atoms. The van der Waals surface area contributed by atoms with Crippen LogP contribution < -0.4 is 0 Å². The summed E-state index contributed by atoms with van der Waals surface area (Å²) in [6.07, 6.45) is 4.10. The number of rotatable bonds is 1. The largest absolute Gasteiger partial charge is 0.289 e. The molecule has 3 rings (SSSR count). The first kappa shape index (κ1) is 9.65. The molecule has 0 atom stereocenters. The van der Waals surface area contributed by atoms with E-state index in [-0.39, 0.29) is 5.78 Å². The van der Waals surface area contributed by atoms with E-state index in [4.69, 9.17) is 0 Å². The standard InChI is InChI=1S/C14H12BO/c1-15-12-8-4-7-11-13(12)9-5-2-3-6-10(9)14(11)16/h2-3,5-6,8H,4,7H2,1H3. The fourth-order valence-electron chi connectivity index (χ4n) is 2.64. The van der Waals surface area contributed by atoms with Crippen molar-refractivity contribution in [1.29, 1.82) is 0 Å². The van der Waals surface area contributed by atoms with Crippen molar-refractivity contribution in [3.63, 3.8) is 0 Å². The van der Waals surface area contributed by atoms with Gasteiger partial charge >= 0.3 is 0 Å². The molecule has 0 spiro atoms. The fraction of sp³-hybridized carbons (Fsp3) is 0.214. The maximum Gasteiger partial charge on any atom is 0.190 e. The summed E-state index contributed by atoms with van der Waals surface area (Å²) in [5.74, 6) is 0.234. The van der Waals surface area contributed by atoms with E-state index in [1.807, 2.05) is 25.0 Å². The molecule has 2 aliphatic rings. The van der Waals surface area contributed by atoms with Crippen LogP contribution in [-0.2, 0) is 0 Å². The quantitative estimate of drug-likeness (QED) is 0.646. The highest BCUT2D eigenvalue weighted by molar-refractivity contribution is 6.50. The summed E-state index contributed by atoms with van der Waals surface area (Å²) in [4.78, 5) is 12.2. The van der Waals surface area contributed by atoms with Gasteiger partial charge in [0, 0.05) is 11.1 Å². The summed E-state index contributed by atoms with van der Waals surface area (Å²) in [6.45, 7) is 2.03. The Labute approximate surface area is 96.1 Å². The lowest BCUT2D eigenvalue weighted by Gasteiger charge is -2.15. The fourth-order valence-corrected chi connectivity index (χ4v) is 2.64. The van der Waals surface area contributed by atoms with Crippen molar-refractivity contribution in [2.45, 2.75) is 19.7 Å². The number of hydrogen-bond acceptors (Lipinski definition) is 1. The summed E-state index contributed by atoms with van der Waals surface area (Å²) < 4.78 is 0. The minimum absolute atomic E-state index is 0.234. The minimum atomic E-state index is 0.234. The van der Waals surface area contributed by atoms with Crippen LogP contribution in [-0.4, -0.2) is 13.1 Å². The molecule has 0 amide bonds. The molecule has 1 aromatic carbocycles. The van der Waals surface area contributed by atoms with Crippen LogP contribution in [0.1, 0.15) is 28.8 Å². The molecule has 0 saturated heterocycles. The average molecular weight is 207 g/mol. The molecule has 0 aromatic heterocycles. The van der Waals surface area contributed by atoms with E-state index in [1.165, 1.54) is 11.0 Å². The van der Waals surface area contributed by atoms with Crippen LogP contribution in [0, 0.1) is 0 Å². The Balaban J connectivity index is 2.24. The maximum atomic E-state index is 12.2.